The molecule has 18 heavy (non-hydrogen) atoms. The van der Waals surface area contributed by atoms with Crippen LogP contribution in [0.1, 0.15) is 32.3 Å². The Balaban J connectivity index is 3.02. The van der Waals surface area contributed by atoms with Gasteiger partial charge in [-0.2, -0.15) is 0 Å². The third kappa shape index (κ3) is 3.60. The summed E-state index contributed by atoms with van der Waals surface area (Å²) in [5.74, 6) is 0.291. The fourth-order valence-electron chi connectivity index (χ4n) is 1.90. The number of benzene rings is 1. The fourth-order valence-corrected chi connectivity index (χ4v) is 2.11. The molecule has 0 aliphatic heterocycles. The molecular formula is C13H19ClN2O2. The molecule has 1 aromatic rings. The van der Waals surface area contributed by atoms with Crippen LogP contribution in [0.25, 0.3) is 0 Å². The van der Waals surface area contributed by atoms with Gasteiger partial charge in [0, 0.05) is 36.8 Å². The Hall–Kier alpha value is -1.29. The van der Waals surface area contributed by atoms with Crippen molar-refractivity contribution in [2.75, 3.05) is 18.0 Å². The molecule has 0 unspecified atom stereocenters. The summed E-state index contributed by atoms with van der Waals surface area (Å²) in [7, 11) is 0. The highest BCUT2D eigenvalue weighted by Gasteiger charge is 2.13. The number of nitro groups is 1. The summed E-state index contributed by atoms with van der Waals surface area (Å²) in [5.41, 5.74) is 1.93. The van der Waals surface area contributed by atoms with Crippen LogP contribution in [0, 0.1) is 10.1 Å². The Morgan fingerprint density at radius 2 is 2.11 bits per heavy atom. The van der Waals surface area contributed by atoms with Crippen LogP contribution in [-0.2, 0) is 5.88 Å². The first-order chi connectivity index (χ1) is 8.63. The summed E-state index contributed by atoms with van der Waals surface area (Å²) in [4.78, 5) is 12.6. The normalized spacial score (nSPS) is 10.4. The van der Waals surface area contributed by atoms with Crippen LogP contribution >= 0.6 is 11.6 Å². The zero-order valence-electron chi connectivity index (χ0n) is 10.9. The summed E-state index contributed by atoms with van der Waals surface area (Å²) in [6, 6.07) is 4.91. The van der Waals surface area contributed by atoms with Crippen LogP contribution in [0.3, 0.4) is 0 Å². The van der Waals surface area contributed by atoms with E-state index >= 15 is 0 Å². The largest absolute Gasteiger partial charge is 0.372 e. The summed E-state index contributed by atoms with van der Waals surface area (Å²) < 4.78 is 0. The van der Waals surface area contributed by atoms with E-state index in [0.29, 0.717) is 5.88 Å². The number of nitrogens with zero attached hydrogens (tertiary/aromatic N) is 2. The zero-order valence-corrected chi connectivity index (χ0v) is 11.6. The summed E-state index contributed by atoms with van der Waals surface area (Å²) in [6.07, 6.45) is 2.23. The van der Waals surface area contributed by atoms with E-state index in [1.54, 1.807) is 18.2 Å². The van der Waals surface area contributed by atoms with Gasteiger partial charge in [-0.05, 0) is 25.0 Å². The topological polar surface area (TPSA) is 46.4 Å². The van der Waals surface area contributed by atoms with Gasteiger partial charge in [-0.3, -0.25) is 10.1 Å². The Morgan fingerprint density at radius 3 is 2.61 bits per heavy atom. The van der Waals surface area contributed by atoms with Gasteiger partial charge in [0.15, 0.2) is 0 Å². The van der Waals surface area contributed by atoms with Gasteiger partial charge in [0.1, 0.15) is 0 Å². The molecule has 0 amide bonds. The average molecular weight is 271 g/mol. The molecule has 0 aliphatic carbocycles. The van der Waals surface area contributed by atoms with Gasteiger partial charge in [-0.25, -0.2) is 0 Å². The molecule has 0 heterocycles. The van der Waals surface area contributed by atoms with Crippen molar-refractivity contribution in [3.63, 3.8) is 0 Å². The third-order valence-electron chi connectivity index (χ3n) is 2.92. The second kappa shape index (κ2) is 7.21. The third-order valence-corrected chi connectivity index (χ3v) is 3.21. The minimum absolute atomic E-state index is 0.0981. The lowest BCUT2D eigenvalue weighted by Crippen LogP contribution is -2.24. The Morgan fingerprint density at radius 1 is 1.39 bits per heavy atom. The molecule has 1 aromatic carbocycles. The van der Waals surface area contributed by atoms with Crippen molar-refractivity contribution >= 4 is 23.0 Å². The van der Waals surface area contributed by atoms with Crippen LogP contribution in [0.5, 0.6) is 0 Å². The molecule has 1 rings (SSSR count). The van der Waals surface area contributed by atoms with Crippen LogP contribution in [0.15, 0.2) is 18.2 Å². The van der Waals surface area contributed by atoms with Gasteiger partial charge in [0.2, 0.25) is 0 Å². The van der Waals surface area contributed by atoms with Crippen molar-refractivity contribution < 1.29 is 4.92 Å². The molecule has 0 spiro atoms. The van der Waals surface area contributed by atoms with Crippen LogP contribution in [0.2, 0.25) is 0 Å². The van der Waals surface area contributed by atoms with Crippen molar-refractivity contribution in [2.45, 2.75) is 32.6 Å². The predicted molar refractivity (Wildman–Crippen MR) is 75.4 cm³/mol. The number of nitro benzene ring substituents is 1. The van der Waals surface area contributed by atoms with Gasteiger partial charge in [-0.15, -0.1) is 11.6 Å². The van der Waals surface area contributed by atoms with Gasteiger partial charge in [0.25, 0.3) is 5.69 Å². The Labute approximate surface area is 113 Å². The van der Waals surface area contributed by atoms with Gasteiger partial charge < -0.3 is 4.90 Å². The van der Waals surface area contributed by atoms with E-state index in [-0.39, 0.29) is 10.6 Å². The minimum atomic E-state index is -0.387. The first kappa shape index (κ1) is 14.8. The Kier molecular flexibility index (Phi) is 5.92. The van der Waals surface area contributed by atoms with Gasteiger partial charge >= 0.3 is 0 Å². The zero-order chi connectivity index (χ0) is 13.5. The number of alkyl halides is 1. The molecular weight excluding hydrogens is 252 g/mol. The lowest BCUT2D eigenvalue weighted by molar-refractivity contribution is -0.384. The molecule has 0 aromatic heterocycles. The van der Waals surface area contributed by atoms with E-state index < -0.39 is 0 Å². The van der Waals surface area contributed by atoms with E-state index in [1.165, 1.54) is 0 Å². The van der Waals surface area contributed by atoms with E-state index in [2.05, 4.69) is 18.7 Å². The molecule has 4 nitrogen and oxygen atoms in total. The fraction of sp³-hybridized carbons (Fsp3) is 0.538. The van der Waals surface area contributed by atoms with E-state index in [4.69, 9.17) is 11.6 Å². The highest BCUT2D eigenvalue weighted by Crippen LogP contribution is 2.27. The van der Waals surface area contributed by atoms with Crippen LogP contribution in [-0.4, -0.2) is 18.0 Å². The maximum atomic E-state index is 10.7. The van der Waals surface area contributed by atoms with Crippen molar-refractivity contribution in [3.8, 4) is 0 Å². The molecule has 0 saturated heterocycles. The second-order valence-corrected chi connectivity index (χ2v) is 4.40. The summed E-state index contributed by atoms with van der Waals surface area (Å²) in [6.45, 7) is 6.05. The van der Waals surface area contributed by atoms with Crippen molar-refractivity contribution in [3.05, 3.63) is 33.9 Å². The van der Waals surface area contributed by atoms with E-state index in [1.807, 2.05) is 0 Å². The number of unbranched alkanes of at least 4 members (excludes halogenated alkanes) is 1. The van der Waals surface area contributed by atoms with Crippen LogP contribution in [0.4, 0.5) is 11.4 Å². The average Bonchev–Trinajstić information content (AvgIpc) is 2.39. The molecule has 0 saturated carbocycles. The van der Waals surface area contributed by atoms with Crippen molar-refractivity contribution in [2.24, 2.45) is 0 Å². The highest BCUT2D eigenvalue weighted by molar-refractivity contribution is 6.17. The molecule has 0 radical (unpaired) electrons. The lowest BCUT2D eigenvalue weighted by atomic mass is 10.1. The first-order valence-electron chi connectivity index (χ1n) is 6.22. The quantitative estimate of drug-likeness (QED) is 0.428. The summed E-state index contributed by atoms with van der Waals surface area (Å²) in [5, 5.41) is 10.7. The number of rotatable bonds is 7. The number of non-ortho nitro benzene ring substituents is 1. The molecule has 0 atom stereocenters. The molecule has 0 bridgehead atoms. The monoisotopic (exact) mass is 270 g/mol. The van der Waals surface area contributed by atoms with Crippen molar-refractivity contribution in [1.29, 1.82) is 0 Å². The minimum Gasteiger partial charge on any atom is -0.372 e. The number of anilines is 1. The maximum absolute atomic E-state index is 10.7. The molecule has 0 aliphatic rings. The number of halogens is 1. The molecule has 5 heteroatoms. The lowest BCUT2D eigenvalue weighted by Gasteiger charge is -2.25. The van der Waals surface area contributed by atoms with E-state index in [9.17, 15) is 10.1 Å². The molecule has 0 N–H and O–H groups in total. The molecule has 100 valence electrons. The smallest absolute Gasteiger partial charge is 0.269 e. The predicted octanol–water partition coefficient (Wildman–Crippen LogP) is 3.96. The molecule has 0 fully saturated rings. The van der Waals surface area contributed by atoms with E-state index in [0.717, 1.165) is 37.2 Å². The van der Waals surface area contributed by atoms with Crippen LogP contribution < -0.4 is 4.90 Å². The first-order valence-corrected chi connectivity index (χ1v) is 6.75. The van der Waals surface area contributed by atoms with Crippen molar-refractivity contribution in [1.82, 2.24) is 0 Å². The highest BCUT2D eigenvalue weighted by atomic mass is 35.5. The maximum Gasteiger partial charge on any atom is 0.269 e. The number of hydrogen-bond acceptors (Lipinski definition) is 3. The number of hydrogen-bond donors (Lipinski definition) is 0. The Bertz CT molecular complexity index is 410. The second-order valence-electron chi connectivity index (χ2n) is 4.14. The summed E-state index contributed by atoms with van der Waals surface area (Å²) >= 11 is 5.89. The van der Waals surface area contributed by atoms with Gasteiger partial charge in [-0.1, -0.05) is 13.3 Å². The van der Waals surface area contributed by atoms with Gasteiger partial charge in [0.05, 0.1) is 4.92 Å². The standard InChI is InChI=1S/C13H19ClN2O2/c1-3-5-8-15(4-2)13-7-6-12(16(17)18)9-11(13)10-14/h6-7,9H,3-5,8,10H2,1-2H3. The SMILES string of the molecule is CCCCN(CC)c1ccc([N+](=O)[O-])cc1CCl.